The summed E-state index contributed by atoms with van der Waals surface area (Å²) >= 11 is 0. The molecule has 3 aromatic rings. The smallest absolute Gasteiger partial charge is 0.131 e. The maximum absolute atomic E-state index is 14.8. The van der Waals surface area contributed by atoms with Crippen molar-refractivity contribution in [1.82, 2.24) is 0 Å². The minimum atomic E-state index is -0.283. The summed E-state index contributed by atoms with van der Waals surface area (Å²) in [5.74, 6) is 1.45. The Labute approximate surface area is 196 Å². The van der Waals surface area contributed by atoms with Gasteiger partial charge in [-0.2, -0.15) is 0 Å². The molecule has 3 nitrogen and oxygen atoms in total. The highest BCUT2D eigenvalue weighted by Gasteiger charge is 2.21. The molecule has 0 saturated carbocycles. The SMILES string of the molecule is COc1ccc(F)c(-c2cc(COc3ccc([C@@H](C)CC(C)=O)cc3)ccc2C(C)(C)C)c1. The fourth-order valence-corrected chi connectivity index (χ4v) is 4.00. The zero-order valence-corrected chi connectivity index (χ0v) is 20.4. The van der Waals surface area contributed by atoms with Crippen molar-refractivity contribution in [3.05, 3.63) is 83.2 Å². The van der Waals surface area contributed by atoms with Crippen molar-refractivity contribution in [1.29, 1.82) is 0 Å². The third kappa shape index (κ3) is 6.22. The summed E-state index contributed by atoms with van der Waals surface area (Å²) in [7, 11) is 1.58. The quantitative estimate of drug-likeness (QED) is 0.359. The topological polar surface area (TPSA) is 35.5 Å². The second-order valence-corrected chi connectivity index (χ2v) is 9.64. The third-order valence-electron chi connectivity index (χ3n) is 5.80. The number of rotatable bonds is 8. The predicted molar refractivity (Wildman–Crippen MR) is 132 cm³/mol. The maximum atomic E-state index is 14.8. The molecule has 1 atom stereocenters. The van der Waals surface area contributed by atoms with Crippen LogP contribution in [-0.2, 0) is 16.8 Å². The van der Waals surface area contributed by atoms with Crippen LogP contribution in [0, 0.1) is 5.82 Å². The highest BCUT2D eigenvalue weighted by atomic mass is 19.1. The molecule has 0 amide bonds. The van der Waals surface area contributed by atoms with Gasteiger partial charge < -0.3 is 14.3 Å². The number of carbonyl (C=O) groups is 1. The monoisotopic (exact) mass is 448 g/mol. The molecule has 0 saturated heterocycles. The summed E-state index contributed by atoms with van der Waals surface area (Å²) in [6, 6.07) is 18.8. The van der Waals surface area contributed by atoms with Crippen molar-refractivity contribution in [3.8, 4) is 22.6 Å². The molecule has 0 N–H and O–H groups in total. The molecule has 0 unspecified atom stereocenters. The number of hydrogen-bond donors (Lipinski definition) is 0. The number of ketones is 1. The fraction of sp³-hybridized carbons (Fsp3) is 0.345. The Morgan fingerprint density at radius 3 is 2.21 bits per heavy atom. The summed E-state index contributed by atoms with van der Waals surface area (Å²) in [5, 5.41) is 0. The van der Waals surface area contributed by atoms with Crippen LogP contribution < -0.4 is 9.47 Å². The molecule has 0 radical (unpaired) electrons. The lowest BCUT2D eigenvalue weighted by atomic mass is 9.81. The molecule has 0 aliphatic carbocycles. The van der Waals surface area contributed by atoms with Gasteiger partial charge in [0.2, 0.25) is 0 Å². The largest absolute Gasteiger partial charge is 0.497 e. The summed E-state index contributed by atoms with van der Waals surface area (Å²) in [4.78, 5) is 11.4. The van der Waals surface area contributed by atoms with Gasteiger partial charge in [0.15, 0.2) is 0 Å². The minimum absolute atomic E-state index is 0.156. The van der Waals surface area contributed by atoms with Gasteiger partial charge >= 0.3 is 0 Å². The molecule has 3 rings (SSSR count). The Balaban J connectivity index is 1.85. The van der Waals surface area contributed by atoms with Crippen LogP contribution >= 0.6 is 0 Å². The molecule has 0 aromatic heterocycles. The standard InChI is InChI=1S/C29H33FO3/c1-19(15-20(2)31)22-8-10-23(11-9-22)33-18-21-7-13-27(29(3,4)5)25(16-21)26-17-24(32-6)12-14-28(26)30/h7-14,16-17,19H,15,18H2,1-6H3/t19-/m0/s1. The molecular weight excluding hydrogens is 415 g/mol. The van der Waals surface area contributed by atoms with Gasteiger partial charge in [-0.15, -0.1) is 0 Å². The fourth-order valence-electron chi connectivity index (χ4n) is 4.00. The average Bonchev–Trinajstić information content (AvgIpc) is 2.77. The van der Waals surface area contributed by atoms with Crippen LogP contribution in [0.5, 0.6) is 11.5 Å². The molecule has 0 spiro atoms. The van der Waals surface area contributed by atoms with Crippen molar-refractivity contribution < 1.29 is 18.7 Å². The van der Waals surface area contributed by atoms with E-state index in [0.29, 0.717) is 24.3 Å². The number of hydrogen-bond acceptors (Lipinski definition) is 3. The Morgan fingerprint density at radius 1 is 0.939 bits per heavy atom. The van der Waals surface area contributed by atoms with Crippen molar-refractivity contribution in [2.45, 2.75) is 59.0 Å². The van der Waals surface area contributed by atoms with Crippen LogP contribution in [0.15, 0.2) is 60.7 Å². The van der Waals surface area contributed by atoms with E-state index in [1.807, 2.05) is 43.3 Å². The zero-order chi connectivity index (χ0) is 24.2. The van der Waals surface area contributed by atoms with E-state index >= 15 is 0 Å². The lowest BCUT2D eigenvalue weighted by molar-refractivity contribution is -0.117. The van der Waals surface area contributed by atoms with E-state index in [1.165, 1.54) is 6.07 Å². The molecular formula is C29H33FO3. The van der Waals surface area contributed by atoms with E-state index < -0.39 is 0 Å². The minimum Gasteiger partial charge on any atom is -0.497 e. The Kier molecular flexibility index (Phi) is 7.57. The molecule has 4 heteroatoms. The highest BCUT2D eigenvalue weighted by molar-refractivity contribution is 5.76. The Bertz CT molecular complexity index is 1110. The van der Waals surface area contributed by atoms with Crippen LogP contribution in [0.2, 0.25) is 0 Å². The van der Waals surface area contributed by atoms with Gasteiger partial charge in [0.25, 0.3) is 0 Å². The predicted octanol–water partition coefficient (Wildman–Crippen LogP) is 7.46. The van der Waals surface area contributed by atoms with Crippen molar-refractivity contribution in [2.75, 3.05) is 7.11 Å². The maximum Gasteiger partial charge on any atom is 0.131 e. The highest BCUT2D eigenvalue weighted by Crippen LogP contribution is 2.37. The number of ether oxygens (including phenoxy) is 2. The summed E-state index contributed by atoms with van der Waals surface area (Å²) in [6.07, 6.45) is 0.532. The van der Waals surface area contributed by atoms with Gasteiger partial charge in [-0.05, 0) is 76.9 Å². The molecule has 33 heavy (non-hydrogen) atoms. The third-order valence-corrected chi connectivity index (χ3v) is 5.80. The van der Waals surface area contributed by atoms with Crippen LogP contribution in [0.1, 0.15) is 63.6 Å². The van der Waals surface area contributed by atoms with Gasteiger partial charge in [-0.1, -0.05) is 52.0 Å². The normalized spacial score (nSPS) is 12.3. The van der Waals surface area contributed by atoms with Crippen LogP contribution in [-0.4, -0.2) is 12.9 Å². The van der Waals surface area contributed by atoms with Crippen molar-refractivity contribution in [3.63, 3.8) is 0 Å². The van der Waals surface area contributed by atoms with E-state index in [4.69, 9.17) is 9.47 Å². The molecule has 0 aliphatic heterocycles. The lowest BCUT2D eigenvalue weighted by Crippen LogP contribution is -2.13. The molecule has 3 aromatic carbocycles. The van der Waals surface area contributed by atoms with Crippen molar-refractivity contribution >= 4 is 5.78 Å². The van der Waals surface area contributed by atoms with Gasteiger partial charge in [0.1, 0.15) is 29.7 Å². The second kappa shape index (κ2) is 10.2. The molecule has 0 heterocycles. The van der Waals surface area contributed by atoms with E-state index in [0.717, 1.165) is 28.0 Å². The van der Waals surface area contributed by atoms with E-state index in [2.05, 4.69) is 26.8 Å². The molecule has 0 aliphatic rings. The Morgan fingerprint density at radius 2 is 1.61 bits per heavy atom. The Hall–Kier alpha value is -3.14. The number of halogens is 1. The van der Waals surface area contributed by atoms with Crippen LogP contribution in [0.4, 0.5) is 4.39 Å². The van der Waals surface area contributed by atoms with E-state index in [1.54, 1.807) is 26.2 Å². The summed E-state index contributed by atoms with van der Waals surface area (Å²) in [6.45, 7) is 10.4. The molecule has 174 valence electrons. The first-order valence-electron chi connectivity index (χ1n) is 11.3. The summed E-state index contributed by atoms with van der Waals surface area (Å²) < 4.78 is 26.2. The van der Waals surface area contributed by atoms with E-state index in [-0.39, 0.29) is 22.9 Å². The molecule has 0 bridgehead atoms. The first-order valence-corrected chi connectivity index (χ1v) is 11.3. The number of carbonyl (C=O) groups excluding carboxylic acids is 1. The van der Waals surface area contributed by atoms with Gasteiger partial charge in [0.05, 0.1) is 7.11 Å². The van der Waals surface area contributed by atoms with Gasteiger partial charge in [-0.3, -0.25) is 0 Å². The van der Waals surface area contributed by atoms with Crippen LogP contribution in [0.3, 0.4) is 0 Å². The van der Waals surface area contributed by atoms with Crippen molar-refractivity contribution in [2.24, 2.45) is 0 Å². The molecule has 0 fully saturated rings. The van der Waals surface area contributed by atoms with Gasteiger partial charge in [0, 0.05) is 12.0 Å². The average molecular weight is 449 g/mol. The zero-order valence-electron chi connectivity index (χ0n) is 20.4. The number of Topliss-reactive ketones (excluding diaryl/α,β-unsaturated/α-hetero) is 1. The van der Waals surface area contributed by atoms with Gasteiger partial charge in [-0.25, -0.2) is 4.39 Å². The summed E-state index contributed by atoms with van der Waals surface area (Å²) in [5.41, 5.74) is 4.33. The lowest BCUT2D eigenvalue weighted by Gasteiger charge is -2.24. The second-order valence-electron chi connectivity index (χ2n) is 9.64. The van der Waals surface area contributed by atoms with Crippen LogP contribution in [0.25, 0.3) is 11.1 Å². The van der Waals surface area contributed by atoms with E-state index in [9.17, 15) is 9.18 Å². The number of benzene rings is 3. The number of methoxy groups -OCH3 is 1. The first-order chi connectivity index (χ1) is 15.6. The first kappa shape index (κ1) is 24.5.